The summed E-state index contributed by atoms with van der Waals surface area (Å²) in [4.78, 5) is 4.38. The third kappa shape index (κ3) is 4.09. The number of anilines is 1. The van der Waals surface area contributed by atoms with Gasteiger partial charge in [0.05, 0.1) is 0 Å². The molecular weight excluding hydrogens is 289 g/mol. The van der Waals surface area contributed by atoms with Gasteiger partial charge in [0.25, 0.3) is 0 Å². The van der Waals surface area contributed by atoms with E-state index in [2.05, 4.69) is 28.5 Å². The van der Waals surface area contributed by atoms with E-state index in [1.165, 1.54) is 36.1 Å². The van der Waals surface area contributed by atoms with Crippen LogP contribution in [-0.2, 0) is 19.3 Å². The van der Waals surface area contributed by atoms with Crippen LogP contribution in [0.4, 0.5) is 10.1 Å². The van der Waals surface area contributed by atoms with Crippen molar-refractivity contribution in [2.24, 2.45) is 10.7 Å². The zero-order valence-electron chi connectivity index (χ0n) is 13.2. The fourth-order valence-electron chi connectivity index (χ4n) is 3.03. The standard InChI is InChI=1S/C19H22FN3/c20-16-10-8-14(9-11-16)12-13-22-19(21)23-18-7-3-5-15-4-1-2-6-17(15)18/h3,5,7-11H,1-2,4,6,12-13H2,(H3,21,22,23). The Labute approximate surface area is 136 Å². The molecule has 0 heterocycles. The number of nitrogens with zero attached hydrogens (tertiary/aromatic N) is 1. The van der Waals surface area contributed by atoms with Gasteiger partial charge in [-0.05, 0) is 67.0 Å². The van der Waals surface area contributed by atoms with Gasteiger partial charge >= 0.3 is 0 Å². The number of nitrogens with two attached hydrogens (primary N) is 1. The number of hydrogen-bond acceptors (Lipinski definition) is 1. The lowest BCUT2D eigenvalue weighted by atomic mass is 9.90. The average Bonchev–Trinajstić information content (AvgIpc) is 2.57. The number of rotatable bonds is 4. The zero-order valence-corrected chi connectivity index (χ0v) is 13.2. The highest BCUT2D eigenvalue weighted by Crippen LogP contribution is 2.27. The van der Waals surface area contributed by atoms with Crippen LogP contribution in [0.25, 0.3) is 0 Å². The summed E-state index contributed by atoms with van der Waals surface area (Å²) in [6.45, 7) is 0.583. The highest BCUT2D eigenvalue weighted by atomic mass is 19.1. The maximum absolute atomic E-state index is 12.9. The van der Waals surface area contributed by atoms with Gasteiger partial charge in [-0.2, -0.15) is 0 Å². The Morgan fingerprint density at radius 2 is 1.87 bits per heavy atom. The Bertz CT molecular complexity index is 692. The van der Waals surface area contributed by atoms with Crippen LogP contribution >= 0.6 is 0 Å². The summed E-state index contributed by atoms with van der Waals surface area (Å²) in [7, 11) is 0. The normalized spacial score (nSPS) is 14.4. The molecule has 0 saturated heterocycles. The SMILES string of the molecule is NC(=NCCc1ccc(F)cc1)Nc1cccc2c1CCCC2. The molecule has 1 aliphatic rings. The van der Waals surface area contributed by atoms with Crippen molar-refractivity contribution in [3.63, 3.8) is 0 Å². The van der Waals surface area contributed by atoms with Crippen molar-refractivity contribution in [2.75, 3.05) is 11.9 Å². The second-order valence-corrected chi connectivity index (χ2v) is 5.92. The number of aryl methyl sites for hydroxylation is 1. The van der Waals surface area contributed by atoms with Gasteiger partial charge in [-0.15, -0.1) is 0 Å². The smallest absolute Gasteiger partial charge is 0.193 e. The molecule has 0 amide bonds. The lowest BCUT2D eigenvalue weighted by Crippen LogP contribution is -2.24. The molecule has 2 aromatic rings. The van der Waals surface area contributed by atoms with Crippen molar-refractivity contribution in [3.8, 4) is 0 Å². The van der Waals surface area contributed by atoms with Gasteiger partial charge in [-0.3, -0.25) is 4.99 Å². The van der Waals surface area contributed by atoms with E-state index in [-0.39, 0.29) is 5.82 Å². The molecule has 3 nitrogen and oxygen atoms in total. The first-order valence-corrected chi connectivity index (χ1v) is 8.14. The average molecular weight is 311 g/mol. The van der Waals surface area contributed by atoms with E-state index < -0.39 is 0 Å². The predicted octanol–water partition coefficient (Wildman–Crippen LogP) is 3.67. The van der Waals surface area contributed by atoms with Crippen molar-refractivity contribution in [1.82, 2.24) is 0 Å². The molecule has 0 bridgehead atoms. The first kappa shape index (κ1) is 15.5. The molecule has 0 unspecified atom stereocenters. The minimum Gasteiger partial charge on any atom is -0.370 e. The molecule has 4 heteroatoms. The molecule has 0 spiro atoms. The first-order chi connectivity index (χ1) is 11.2. The minimum absolute atomic E-state index is 0.215. The van der Waals surface area contributed by atoms with E-state index in [0.717, 1.165) is 30.5 Å². The fraction of sp³-hybridized carbons (Fsp3) is 0.316. The Kier molecular flexibility index (Phi) is 4.91. The van der Waals surface area contributed by atoms with Crippen LogP contribution in [0.2, 0.25) is 0 Å². The van der Waals surface area contributed by atoms with Crippen LogP contribution in [0.1, 0.15) is 29.5 Å². The molecule has 3 N–H and O–H groups in total. The lowest BCUT2D eigenvalue weighted by Gasteiger charge is -2.19. The summed E-state index contributed by atoms with van der Waals surface area (Å²) < 4.78 is 12.9. The van der Waals surface area contributed by atoms with Crippen molar-refractivity contribution in [2.45, 2.75) is 32.1 Å². The van der Waals surface area contributed by atoms with E-state index in [0.29, 0.717) is 12.5 Å². The molecule has 0 fully saturated rings. The van der Waals surface area contributed by atoms with Crippen LogP contribution in [0.15, 0.2) is 47.5 Å². The molecular formula is C19H22FN3. The van der Waals surface area contributed by atoms with Crippen LogP contribution in [0.5, 0.6) is 0 Å². The van der Waals surface area contributed by atoms with Crippen molar-refractivity contribution < 1.29 is 4.39 Å². The van der Waals surface area contributed by atoms with Gasteiger partial charge < -0.3 is 11.1 Å². The van der Waals surface area contributed by atoms with Crippen LogP contribution < -0.4 is 11.1 Å². The lowest BCUT2D eigenvalue weighted by molar-refractivity contribution is 0.627. The fourth-order valence-corrected chi connectivity index (χ4v) is 3.03. The zero-order chi connectivity index (χ0) is 16.1. The van der Waals surface area contributed by atoms with E-state index >= 15 is 0 Å². The molecule has 3 rings (SSSR count). The third-order valence-corrected chi connectivity index (χ3v) is 4.25. The number of guanidine groups is 1. The van der Waals surface area contributed by atoms with Gasteiger partial charge in [-0.25, -0.2) is 4.39 Å². The van der Waals surface area contributed by atoms with Crippen molar-refractivity contribution >= 4 is 11.6 Å². The maximum atomic E-state index is 12.9. The monoisotopic (exact) mass is 311 g/mol. The van der Waals surface area contributed by atoms with Gasteiger partial charge in [-0.1, -0.05) is 24.3 Å². The largest absolute Gasteiger partial charge is 0.370 e. The number of halogens is 1. The second kappa shape index (κ2) is 7.27. The van der Waals surface area contributed by atoms with Gasteiger partial charge in [0.2, 0.25) is 0 Å². The molecule has 23 heavy (non-hydrogen) atoms. The summed E-state index contributed by atoms with van der Waals surface area (Å²) in [5.74, 6) is 0.221. The van der Waals surface area contributed by atoms with Crippen molar-refractivity contribution in [1.29, 1.82) is 0 Å². The van der Waals surface area contributed by atoms with Crippen LogP contribution in [-0.4, -0.2) is 12.5 Å². The molecule has 120 valence electrons. The van der Waals surface area contributed by atoms with Gasteiger partial charge in [0.1, 0.15) is 5.82 Å². The number of aliphatic imine (C=N–C) groups is 1. The summed E-state index contributed by atoms with van der Waals surface area (Å²) in [6, 6.07) is 12.8. The van der Waals surface area contributed by atoms with E-state index in [1.54, 1.807) is 12.1 Å². The Morgan fingerprint density at radius 3 is 2.70 bits per heavy atom. The van der Waals surface area contributed by atoms with Crippen LogP contribution in [0.3, 0.4) is 0 Å². The molecule has 1 aliphatic carbocycles. The second-order valence-electron chi connectivity index (χ2n) is 5.92. The van der Waals surface area contributed by atoms with E-state index in [1.807, 2.05) is 0 Å². The van der Waals surface area contributed by atoms with Gasteiger partial charge in [0.15, 0.2) is 5.96 Å². The van der Waals surface area contributed by atoms with Gasteiger partial charge in [0, 0.05) is 12.2 Å². The summed E-state index contributed by atoms with van der Waals surface area (Å²) in [6.07, 6.45) is 5.48. The molecule has 0 radical (unpaired) electrons. The summed E-state index contributed by atoms with van der Waals surface area (Å²) >= 11 is 0. The number of benzene rings is 2. The van der Waals surface area contributed by atoms with E-state index in [9.17, 15) is 4.39 Å². The number of fused-ring (bicyclic) bond motifs is 1. The number of nitrogens with one attached hydrogen (secondary N) is 1. The highest BCUT2D eigenvalue weighted by Gasteiger charge is 2.12. The Hall–Kier alpha value is -2.36. The van der Waals surface area contributed by atoms with E-state index in [4.69, 9.17) is 5.73 Å². The molecule has 0 aromatic heterocycles. The third-order valence-electron chi connectivity index (χ3n) is 4.25. The Morgan fingerprint density at radius 1 is 1.09 bits per heavy atom. The Balaban J connectivity index is 1.60. The summed E-state index contributed by atoms with van der Waals surface area (Å²) in [5.41, 5.74) is 10.9. The molecule has 0 atom stereocenters. The molecule has 2 aromatic carbocycles. The van der Waals surface area contributed by atoms with Crippen LogP contribution in [0, 0.1) is 5.82 Å². The summed E-state index contributed by atoms with van der Waals surface area (Å²) in [5, 5.41) is 3.23. The number of hydrogen-bond donors (Lipinski definition) is 2. The topological polar surface area (TPSA) is 50.4 Å². The molecule has 0 saturated carbocycles. The first-order valence-electron chi connectivity index (χ1n) is 8.14. The quantitative estimate of drug-likeness (QED) is 0.668. The minimum atomic E-state index is -0.215. The van der Waals surface area contributed by atoms with Crippen molar-refractivity contribution in [3.05, 3.63) is 65.0 Å². The maximum Gasteiger partial charge on any atom is 0.193 e. The molecule has 0 aliphatic heterocycles. The predicted molar refractivity (Wildman–Crippen MR) is 93.3 cm³/mol. The highest BCUT2D eigenvalue weighted by molar-refractivity contribution is 5.93.